The zero-order valence-corrected chi connectivity index (χ0v) is 12.7. The Kier molecular flexibility index (Phi) is 3.67. The molecule has 0 radical (unpaired) electrons. The van der Waals surface area contributed by atoms with E-state index in [1.54, 1.807) is 24.5 Å². The summed E-state index contributed by atoms with van der Waals surface area (Å²) in [5.74, 6) is -0.438. The van der Waals surface area contributed by atoms with Crippen molar-refractivity contribution in [2.24, 2.45) is 0 Å². The van der Waals surface area contributed by atoms with Crippen molar-refractivity contribution in [3.05, 3.63) is 96.0 Å². The van der Waals surface area contributed by atoms with E-state index >= 15 is 0 Å². The summed E-state index contributed by atoms with van der Waals surface area (Å²) < 4.78 is 13.4. The molecule has 4 rings (SSSR count). The first kappa shape index (κ1) is 14.4. The molecule has 0 aliphatic carbocycles. The normalized spacial score (nSPS) is 12.2. The second-order valence-corrected chi connectivity index (χ2v) is 5.38. The molecule has 0 fully saturated rings. The third-order valence-corrected chi connectivity index (χ3v) is 3.91. The average Bonchev–Trinajstić information content (AvgIpc) is 2.65. The van der Waals surface area contributed by atoms with Gasteiger partial charge in [-0.2, -0.15) is 0 Å². The van der Waals surface area contributed by atoms with E-state index in [0.29, 0.717) is 11.2 Å². The van der Waals surface area contributed by atoms with Gasteiger partial charge in [0.05, 0.1) is 11.6 Å². The highest BCUT2D eigenvalue weighted by Gasteiger charge is 2.21. The van der Waals surface area contributed by atoms with Gasteiger partial charge in [0.1, 0.15) is 17.7 Å². The molecule has 1 unspecified atom stereocenters. The lowest BCUT2D eigenvalue weighted by atomic mass is 9.88. The highest BCUT2D eigenvalue weighted by molar-refractivity contribution is 5.73. The number of hydrogen-bond acceptors (Lipinski definition) is 4. The van der Waals surface area contributed by atoms with Crippen molar-refractivity contribution in [2.45, 2.75) is 5.92 Å². The Labute approximate surface area is 138 Å². The van der Waals surface area contributed by atoms with Gasteiger partial charge in [0, 0.05) is 12.4 Å². The smallest absolute Gasteiger partial charge is 0.181 e. The van der Waals surface area contributed by atoms with Crippen LogP contribution in [0.25, 0.3) is 11.2 Å². The summed E-state index contributed by atoms with van der Waals surface area (Å²) in [7, 11) is 0. The first-order valence-corrected chi connectivity index (χ1v) is 7.55. The Hall–Kier alpha value is -3.21. The van der Waals surface area contributed by atoms with Crippen LogP contribution in [0.3, 0.4) is 0 Å². The molecule has 0 aliphatic heterocycles. The van der Waals surface area contributed by atoms with Crippen LogP contribution in [0, 0.1) is 5.82 Å². The molecular weight excluding hydrogens is 303 g/mol. The molecule has 0 spiro atoms. The SMILES string of the molecule is Fc1ccc(C(c2ccccc2)c2ncnc3nccnc23)cc1. The molecule has 1 atom stereocenters. The number of nitrogens with zero attached hydrogens (tertiary/aromatic N) is 4. The molecule has 0 amide bonds. The second kappa shape index (κ2) is 6.12. The van der Waals surface area contributed by atoms with Gasteiger partial charge >= 0.3 is 0 Å². The summed E-state index contributed by atoms with van der Waals surface area (Å²) in [5, 5.41) is 0. The maximum Gasteiger partial charge on any atom is 0.181 e. The lowest BCUT2D eigenvalue weighted by Crippen LogP contribution is -2.08. The van der Waals surface area contributed by atoms with Gasteiger partial charge in [-0.05, 0) is 23.3 Å². The van der Waals surface area contributed by atoms with Crippen molar-refractivity contribution in [3.8, 4) is 0 Å². The minimum absolute atomic E-state index is 0.172. The maximum atomic E-state index is 13.4. The summed E-state index contributed by atoms with van der Waals surface area (Å²) in [6, 6.07) is 16.4. The zero-order valence-electron chi connectivity index (χ0n) is 12.7. The Morgan fingerprint density at radius 3 is 2.21 bits per heavy atom. The van der Waals surface area contributed by atoms with Crippen LogP contribution < -0.4 is 0 Å². The fraction of sp³-hybridized carbons (Fsp3) is 0.0526. The van der Waals surface area contributed by atoms with Crippen molar-refractivity contribution >= 4 is 11.2 Å². The lowest BCUT2D eigenvalue weighted by molar-refractivity contribution is 0.626. The topological polar surface area (TPSA) is 51.6 Å². The summed E-state index contributed by atoms with van der Waals surface area (Å²) >= 11 is 0. The third kappa shape index (κ3) is 2.60. The molecule has 0 N–H and O–H groups in total. The fourth-order valence-electron chi connectivity index (χ4n) is 2.83. The molecule has 0 saturated carbocycles. The highest BCUT2D eigenvalue weighted by atomic mass is 19.1. The van der Waals surface area contributed by atoms with Gasteiger partial charge in [0.2, 0.25) is 0 Å². The largest absolute Gasteiger partial charge is 0.249 e. The number of rotatable bonds is 3. The molecule has 24 heavy (non-hydrogen) atoms. The minimum Gasteiger partial charge on any atom is -0.249 e. The van der Waals surface area contributed by atoms with Crippen molar-refractivity contribution in [2.75, 3.05) is 0 Å². The van der Waals surface area contributed by atoms with E-state index < -0.39 is 0 Å². The number of benzene rings is 2. The summed E-state index contributed by atoms with van der Waals surface area (Å²) in [5.41, 5.74) is 3.94. The summed E-state index contributed by atoms with van der Waals surface area (Å²) in [4.78, 5) is 17.3. The Balaban J connectivity index is 1.97. The first-order chi connectivity index (χ1) is 11.8. The number of halogens is 1. The van der Waals surface area contributed by atoms with Crippen molar-refractivity contribution in [1.29, 1.82) is 0 Å². The lowest BCUT2D eigenvalue weighted by Gasteiger charge is -2.18. The van der Waals surface area contributed by atoms with Crippen LogP contribution in [0.1, 0.15) is 22.7 Å². The maximum absolute atomic E-state index is 13.4. The van der Waals surface area contributed by atoms with Gasteiger partial charge in [-0.3, -0.25) is 0 Å². The molecule has 2 aromatic carbocycles. The van der Waals surface area contributed by atoms with Gasteiger partial charge in [-0.15, -0.1) is 0 Å². The van der Waals surface area contributed by atoms with Crippen LogP contribution >= 0.6 is 0 Å². The van der Waals surface area contributed by atoms with Crippen LogP contribution in [0.5, 0.6) is 0 Å². The van der Waals surface area contributed by atoms with E-state index in [0.717, 1.165) is 16.8 Å². The van der Waals surface area contributed by atoms with Crippen molar-refractivity contribution < 1.29 is 4.39 Å². The van der Waals surface area contributed by atoms with Gasteiger partial charge in [-0.1, -0.05) is 42.5 Å². The standard InChI is InChI=1S/C19H13FN4/c20-15-8-6-14(7-9-15)16(13-4-2-1-3-5-13)17-18-19(24-12-23-17)22-11-10-21-18/h1-12,16H. The van der Waals surface area contributed by atoms with Crippen molar-refractivity contribution in [1.82, 2.24) is 19.9 Å². The summed E-state index contributed by atoms with van der Waals surface area (Å²) in [6.07, 6.45) is 4.72. The zero-order chi connectivity index (χ0) is 16.4. The molecular formula is C19H13FN4. The van der Waals surface area contributed by atoms with Crippen LogP contribution in [0.2, 0.25) is 0 Å². The molecule has 0 saturated heterocycles. The van der Waals surface area contributed by atoms with Crippen LogP contribution in [-0.4, -0.2) is 19.9 Å². The van der Waals surface area contributed by atoms with Gasteiger partial charge < -0.3 is 0 Å². The number of fused-ring (bicyclic) bond motifs is 1. The van der Waals surface area contributed by atoms with Gasteiger partial charge in [-0.25, -0.2) is 24.3 Å². The minimum atomic E-state index is -0.266. The van der Waals surface area contributed by atoms with Gasteiger partial charge in [0.25, 0.3) is 0 Å². The van der Waals surface area contributed by atoms with E-state index in [1.807, 2.05) is 30.3 Å². The Morgan fingerprint density at radius 2 is 1.42 bits per heavy atom. The van der Waals surface area contributed by atoms with E-state index in [-0.39, 0.29) is 11.7 Å². The monoisotopic (exact) mass is 316 g/mol. The molecule has 4 nitrogen and oxygen atoms in total. The first-order valence-electron chi connectivity index (χ1n) is 7.55. The average molecular weight is 316 g/mol. The van der Waals surface area contributed by atoms with E-state index in [1.165, 1.54) is 18.5 Å². The molecule has 5 heteroatoms. The molecule has 2 heterocycles. The van der Waals surface area contributed by atoms with E-state index in [2.05, 4.69) is 19.9 Å². The molecule has 116 valence electrons. The third-order valence-electron chi connectivity index (χ3n) is 3.91. The summed E-state index contributed by atoms with van der Waals surface area (Å²) in [6.45, 7) is 0. The molecule has 0 aliphatic rings. The molecule has 2 aromatic heterocycles. The van der Waals surface area contributed by atoms with E-state index in [9.17, 15) is 4.39 Å². The van der Waals surface area contributed by atoms with Crippen LogP contribution in [0.15, 0.2) is 73.3 Å². The predicted molar refractivity (Wildman–Crippen MR) is 88.9 cm³/mol. The molecule has 4 aromatic rings. The highest BCUT2D eigenvalue weighted by Crippen LogP contribution is 2.33. The predicted octanol–water partition coefficient (Wildman–Crippen LogP) is 3.74. The van der Waals surface area contributed by atoms with Crippen LogP contribution in [0.4, 0.5) is 4.39 Å². The van der Waals surface area contributed by atoms with Gasteiger partial charge in [0.15, 0.2) is 5.65 Å². The quantitative estimate of drug-likeness (QED) is 0.578. The number of aromatic nitrogens is 4. The van der Waals surface area contributed by atoms with Crippen LogP contribution in [-0.2, 0) is 0 Å². The van der Waals surface area contributed by atoms with Crippen molar-refractivity contribution in [3.63, 3.8) is 0 Å². The Bertz CT molecular complexity index is 966. The second-order valence-electron chi connectivity index (χ2n) is 5.38. The fourth-order valence-corrected chi connectivity index (χ4v) is 2.83. The number of hydrogen-bond donors (Lipinski definition) is 0. The molecule has 0 bridgehead atoms. The van der Waals surface area contributed by atoms with E-state index in [4.69, 9.17) is 0 Å². The Morgan fingerprint density at radius 1 is 0.708 bits per heavy atom.